The summed E-state index contributed by atoms with van der Waals surface area (Å²) in [6.45, 7) is 4.68. The summed E-state index contributed by atoms with van der Waals surface area (Å²) < 4.78 is 5.06. The summed E-state index contributed by atoms with van der Waals surface area (Å²) >= 11 is 0. The third-order valence-electron chi connectivity index (χ3n) is 2.54. The SMILES string of the molecule is CCC(N)CCNC(=O)CCC(C)OC. The second kappa shape index (κ2) is 8.68. The van der Waals surface area contributed by atoms with Crippen LogP contribution in [0.4, 0.5) is 0 Å². The van der Waals surface area contributed by atoms with Gasteiger partial charge in [-0.3, -0.25) is 4.79 Å². The first kappa shape index (κ1) is 14.4. The lowest BCUT2D eigenvalue weighted by molar-refractivity contribution is -0.121. The van der Waals surface area contributed by atoms with E-state index in [0.717, 1.165) is 19.3 Å². The van der Waals surface area contributed by atoms with Gasteiger partial charge in [0.15, 0.2) is 0 Å². The average molecular weight is 216 g/mol. The Morgan fingerprint density at radius 3 is 2.67 bits per heavy atom. The van der Waals surface area contributed by atoms with Crippen LogP contribution < -0.4 is 11.1 Å². The van der Waals surface area contributed by atoms with Gasteiger partial charge < -0.3 is 15.8 Å². The van der Waals surface area contributed by atoms with Crippen LogP contribution in [-0.4, -0.2) is 31.7 Å². The molecule has 0 heterocycles. The molecule has 0 bridgehead atoms. The lowest BCUT2D eigenvalue weighted by Crippen LogP contribution is -2.30. The summed E-state index contributed by atoms with van der Waals surface area (Å²) in [6, 6.07) is 0.197. The number of rotatable bonds is 8. The maximum Gasteiger partial charge on any atom is 0.220 e. The fourth-order valence-electron chi connectivity index (χ4n) is 1.14. The highest BCUT2D eigenvalue weighted by Crippen LogP contribution is 1.99. The molecular formula is C11H24N2O2. The van der Waals surface area contributed by atoms with Gasteiger partial charge in [0, 0.05) is 26.1 Å². The average Bonchev–Trinajstić information content (AvgIpc) is 2.25. The zero-order chi connectivity index (χ0) is 11.7. The molecule has 0 aliphatic rings. The van der Waals surface area contributed by atoms with Crippen LogP contribution >= 0.6 is 0 Å². The number of ether oxygens (including phenoxy) is 1. The van der Waals surface area contributed by atoms with Gasteiger partial charge in [-0.2, -0.15) is 0 Å². The summed E-state index contributed by atoms with van der Waals surface area (Å²) in [5, 5.41) is 2.85. The summed E-state index contributed by atoms with van der Waals surface area (Å²) in [5.41, 5.74) is 5.73. The first-order valence-electron chi connectivity index (χ1n) is 5.65. The molecule has 0 saturated heterocycles. The van der Waals surface area contributed by atoms with Crippen molar-refractivity contribution in [2.24, 2.45) is 5.73 Å². The number of nitrogens with one attached hydrogen (secondary N) is 1. The van der Waals surface area contributed by atoms with E-state index >= 15 is 0 Å². The molecule has 0 aromatic rings. The summed E-state index contributed by atoms with van der Waals surface area (Å²) in [5.74, 6) is 0.0854. The Morgan fingerprint density at radius 1 is 1.47 bits per heavy atom. The Bertz CT molecular complexity index is 174. The van der Waals surface area contributed by atoms with Crippen LogP contribution in [0.15, 0.2) is 0 Å². The van der Waals surface area contributed by atoms with Gasteiger partial charge in [-0.15, -0.1) is 0 Å². The number of carbonyl (C=O) groups is 1. The van der Waals surface area contributed by atoms with E-state index in [2.05, 4.69) is 5.32 Å². The minimum Gasteiger partial charge on any atom is -0.382 e. The Labute approximate surface area is 92.6 Å². The Hall–Kier alpha value is -0.610. The molecule has 2 unspecified atom stereocenters. The van der Waals surface area contributed by atoms with Crippen molar-refractivity contribution in [2.45, 2.75) is 51.7 Å². The van der Waals surface area contributed by atoms with Crippen LogP contribution in [0.25, 0.3) is 0 Å². The molecule has 0 aliphatic heterocycles. The van der Waals surface area contributed by atoms with Crippen molar-refractivity contribution in [1.82, 2.24) is 5.32 Å². The third kappa shape index (κ3) is 8.39. The summed E-state index contributed by atoms with van der Waals surface area (Å²) in [6.07, 6.45) is 3.24. The highest BCUT2D eigenvalue weighted by molar-refractivity contribution is 5.75. The predicted octanol–water partition coefficient (Wildman–Crippen LogP) is 1.05. The van der Waals surface area contributed by atoms with E-state index in [1.807, 2.05) is 13.8 Å². The zero-order valence-electron chi connectivity index (χ0n) is 10.1. The highest BCUT2D eigenvalue weighted by atomic mass is 16.5. The minimum atomic E-state index is 0.0854. The van der Waals surface area contributed by atoms with Crippen molar-refractivity contribution in [3.63, 3.8) is 0 Å². The number of methoxy groups -OCH3 is 1. The molecule has 0 radical (unpaired) electrons. The maximum absolute atomic E-state index is 11.3. The molecular weight excluding hydrogens is 192 g/mol. The molecule has 4 nitrogen and oxygen atoms in total. The molecule has 0 aromatic carbocycles. The van der Waals surface area contributed by atoms with Crippen molar-refractivity contribution in [1.29, 1.82) is 0 Å². The second-order valence-corrected chi connectivity index (χ2v) is 3.89. The highest BCUT2D eigenvalue weighted by Gasteiger charge is 2.05. The maximum atomic E-state index is 11.3. The topological polar surface area (TPSA) is 64.3 Å². The van der Waals surface area contributed by atoms with Crippen molar-refractivity contribution in [3.05, 3.63) is 0 Å². The molecule has 15 heavy (non-hydrogen) atoms. The predicted molar refractivity (Wildman–Crippen MR) is 61.6 cm³/mol. The number of hydrogen-bond acceptors (Lipinski definition) is 3. The van der Waals surface area contributed by atoms with Crippen LogP contribution in [-0.2, 0) is 9.53 Å². The molecule has 4 heteroatoms. The first-order valence-corrected chi connectivity index (χ1v) is 5.65. The fraction of sp³-hybridized carbons (Fsp3) is 0.909. The fourth-order valence-corrected chi connectivity index (χ4v) is 1.14. The van der Waals surface area contributed by atoms with Gasteiger partial charge in [0.2, 0.25) is 5.91 Å². The minimum absolute atomic E-state index is 0.0854. The molecule has 0 spiro atoms. The summed E-state index contributed by atoms with van der Waals surface area (Å²) in [7, 11) is 1.66. The lowest BCUT2D eigenvalue weighted by atomic mass is 10.1. The second-order valence-electron chi connectivity index (χ2n) is 3.89. The Kier molecular flexibility index (Phi) is 8.33. The molecule has 0 rings (SSSR count). The van der Waals surface area contributed by atoms with E-state index in [4.69, 9.17) is 10.5 Å². The van der Waals surface area contributed by atoms with E-state index in [1.165, 1.54) is 0 Å². The van der Waals surface area contributed by atoms with Crippen LogP contribution in [0.2, 0.25) is 0 Å². The van der Waals surface area contributed by atoms with Gasteiger partial charge in [-0.1, -0.05) is 6.92 Å². The lowest BCUT2D eigenvalue weighted by Gasteiger charge is -2.11. The van der Waals surface area contributed by atoms with Crippen LogP contribution in [0.1, 0.15) is 39.5 Å². The monoisotopic (exact) mass is 216 g/mol. The van der Waals surface area contributed by atoms with E-state index in [0.29, 0.717) is 13.0 Å². The molecule has 0 aromatic heterocycles. The quantitative estimate of drug-likeness (QED) is 0.637. The van der Waals surface area contributed by atoms with E-state index < -0.39 is 0 Å². The molecule has 2 atom stereocenters. The van der Waals surface area contributed by atoms with E-state index in [9.17, 15) is 4.79 Å². The van der Waals surface area contributed by atoms with Gasteiger partial charge in [0.1, 0.15) is 0 Å². The van der Waals surface area contributed by atoms with Gasteiger partial charge in [0.05, 0.1) is 6.10 Å². The van der Waals surface area contributed by atoms with Gasteiger partial charge in [-0.05, 0) is 26.2 Å². The van der Waals surface area contributed by atoms with Crippen LogP contribution in [0.3, 0.4) is 0 Å². The van der Waals surface area contributed by atoms with Gasteiger partial charge in [-0.25, -0.2) is 0 Å². The Morgan fingerprint density at radius 2 is 2.13 bits per heavy atom. The van der Waals surface area contributed by atoms with Crippen LogP contribution in [0.5, 0.6) is 0 Å². The number of amides is 1. The molecule has 0 aliphatic carbocycles. The Balaban J connectivity index is 3.41. The van der Waals surface area contributed by atoms with Crippen molar-refractivity contribution >= 4 is 5.91 Å². The van der Waals surface area contributed by atoms with E-state index in [-0.39, 0.29) is 18.1 Å². The molecule has 90 valence electrons. The molecule has 3 N–H and O–H groups in total. The van der Waals surface area contributed by atoms with Crippen molar-refractivity contribution in [3.8, 4) is 0 Å². The van der Waals surface area contributed by atoms with E-state index in [1.54, 1.807) is 7.11 Å². The largest absolute Gasteiger partial charge is 0.382 e. The number of carbonyl (C=O) groups excluding carboxylic acids is 1. The summed E-state index contributed by atoms with van der Waals surface area (Å²) in [4.78, 5) is 11.3. The molecule has 0 fully saturated rings. The van der Waals surface area contributed by atoms with Crippen LogP contribution in [0, 0.1) is 0 Å². The number of hydrogen-bond donors (Lipinski definition) is 2. The van der Waals surface area contributed by atoms with Gasteiger partial charge in [0.25, 0.3) is 0 Å². The zero-order valence-corrected chi connectivity index (χ0v) is 10.1. The third-order valence-corrected chi connectivity index (χ3v) is 2.54. The normalized spacial score (nSPS) is 14.7. The first-order chi connectivity index (χ1) is 7.10. The van der Waals surface area contributed by atoms with Gasteiger partial charge >= 0.3 is 0 Å². The molecule has 1 amide bonds. The van der Waals surface area contributed by atoms with Crippen molar-refractivity contribution < 1.29 is 9.53 Å². The van der Waals surface area contributed by atoms with Crippen molar-refractivity contribution in [2.75, 3.05) is 13.7 Å². The number of nitrogens with two attached hydrogens (primary N) is 1. The standard InChI is InChI=1S/C11H24N2O2/c1-4-10(12)7-8-13-11(14)6-5-9(2)15-3/h9-10H,4-8,12H2,1-3H3,(H,13,14). The smallest absolute Gasteiger partial charge is 0.220 e. The molecule has 0 saturated carbocycles.